The Kier molecular flexibility index (Phi) is 4.11. The number of nitrogens with one attached hydrogen (secondary N) is 1. The summed E-state index contributed by atoms with van der Waals surface area (Å²) in [5.41, 5.74) is 1.50. The van der Waals surface area contributed by atoms with Crippen molar-refractivity contribution in [3.8, 4) is 17.2 Å². The predicted octanol–water partition coefficient (Wildman–Crippen LogP) is 3.77. The maximum Gasteiger partial charge on any atom is 0.203 e. The highest BCUT2D eigenvalue weighted by Gasteiger charge is 2.50. The molecule has 0 unspecified atom stereocenters. The van der Waals surface area contributed by atoms with E-state index in [9.17, 15) is 0 Å². The van der Waals surface area contributed by atoms with Gasteiger partial charge in [0.2, 0.25) is 5.75 Å². The van der Waals surface area contributed by atoms with Crippen LogP contribution in [0.5, 0.6) is 17.2 Å². The maximum absolute atomic E-state index is 5.64. The Morgan fingerprint density at radius 2 is 1.46 bits per heavy atom. The van der Waals surface area contributed by atoms with Crippen LogP contribution in [0.25, 0.3) is 0 Å². The molecule has 0 heterocycles. The van der Waals surface area contributed by atoms with Crippen LogP contribution in [0, 0.1) is 17.8 Å². The zero-order chi connectivity index (χ0) is 16.7. The summed E-state index contributed by atoms with van der Waals surface area (Å²) in [4.78, 5) is 0. The van der Waals surface area contributed by atoms with Gasteiger partial charge in [0.25, 0.3) is 0 Å². The molecular formula is C20H29NO3. The molecule has 5 rings (SSSR count). The van der Waals surface area contributed by atoms with Gasteiger partial charge in [-0.25, -0.2) is 0 Å². The van der Waals surface area contributed by atoms with E-state index < -0.39 is 0 Å². The fourth-order valence-electron chi connectivity index (χ4n) is 5.91. The van der Waals surface area contributed by atoms with E-state index in [1.807, 2.05) is 6.07 Å². The third kappa shape index (κ3) is 2.65. The average Bonchev–Trinajstić information content (AvgIpc) is 2.57. The molecule has 1 aromatic rings. The highest BCUT2D eigenvalue weighted by atomic mass is 16.5. The van der Waals surface area contributed by atoms with Crippen LogP contribution >= 0.6 is 0 Å². The van der Waals surface area contributed by atoms with Crippen LogP contribution in [0.4, 0.5) is 0 Å². The van der Waals surface area contributed by atoms with Crippen LogP contribution in [0.3, 0.4) is 0 Å². The van der Waals surface area contributed by atoms with E-state index in [0.29, 0.717) is 17.0 Å². The molecule has 0 aliphatic heterocycles. The van der Waals surface area contributed by atoms with E-state index in [1.165, 1.54) is 38.5 Å². The van der Waals surface area contributed by atoms with Crippen LogP contribution in [0.2, 0.25) is 0 Å². The van der Waals surface area contributed by atoms with Crippen LogP contribution in [0.1, 0.15) is 44.1 Å². The SMILES string of the molecule is COc1ccc(CNC23CC4CC(CC(C4)C2)C3)c(OC)c1OC. The minimum Gasteiger partial charge on any atom is -0.493 e. The van der Waals surface area contributed by atoms with Crippen molar-refractivity contribution in [1.29, 1.82) is 0 Å². The number of benzene rings is 1. The Labute approximate surface area is 144 Å². The topological polar surface area (TPSA) is 39.7 Å². The third-order valence-corrected chi connectivity index (χ3v) is 6.48. The Hall–Kier alpha value is -1.42. The number of hydrogen-bond donors (Lipinski definition) is 1. The second-order valence-electron chi connectivity index (χ2n) is 8.04. The van der Waals surface area contributed by atoms with Crippen LogP contribution in [-0.4, -0.2) is 26.9 Å². The van der Waals surface area contributed by atoms with Gasteiger partial charge in [0, 0.05) is 17.6 Å². The molecule has 4 saturated carbocycles. The van der Waals surface area contributed by atoms with Crippen molar-refractivity contribution < 1.29 is 14.2 Å². The van der Waals surface area contributed by atoms with E-state index in [2.05, 4.69) is 11.4 Å². The molecule has 1 aromatic carbocycles. The molecule has 132 valence electrons. The second kappa shape index (κ2) is 6.14. The Morgan fingerprint density at radius 3 is 1.96 bits per heavy atom. The van der Waals surface area contributed by atoms with Crippen molar-refractivity contribution in [2.24, 2.45) is 17.8 Å². The molecular weight excluding hydrogens is 302 g/mol. The standard InChI is InChI=1S/C20H29NO3/c1-22-17-5-4-16(18(23-2)19(17)24-3)12-21-20-9-13-6-14(10-20)8-15(7-13)11-20/h4-5,13-15,21H,6-12H2,1-3H3. The molecule has 24 heavy (non-hydrogen) atoms. The molecule has 1 N–H and O–H groups in total. The fraction of sp³-hybridized carbons (Fsp3) is 0.700. The molecule has 0 spiro atoms. The van der Waals surface area contributed by atoms with E-state index in [4.69, 9.17) is 14.2 Å². The van der Waals surface area contributed by atoms with Crippen LogP contribution in [0.15, 0.2) is 12.1 Å². The molecule has 0 atom stereocenters. The normalized spacial score (nSPS) is 33.5. The summed E-state index contributed by atoms with van der Waals surface area (Å²) >= 11 is 0. The molecule has 4 heteroatoms. The van der Waals surface area contributed by atoms with Gasteiger partial charge in [-0.05, 0) is 62.3 Å². The highest BCUT2D eigenvalue weighted by molar-refractivity contribution is 5.55. The summed E-state index contributed by atoms with van der Waals surface area (Å²) in [7, 11) is 5.02. The first kappa shape index (κ1) is 16.1. The Balaban J connectivity index is 1.54. The number of ether oxygens (including phenoxy) is 3. The van der Waals surface area contributed by atoms with E-state index in [-0.39, 0.29) is 0 Å². The third-order valence-electron chi connectivity index (χ3n) is 6.48. The van der Waals surface area contributed by atoms with E-state index in [1.54, 1.807) is 21.3 Å². The summed E-state index contributed by atoms with van der Waals surface area (Å²) in [5.74, 6) is 5.05. The maximum atomic E-state index is 5.64. The summed E-state index contributed by atoms with van der Waals surface area (Å²) in [6, 6.07) is 4.06. The zero-order valence-electron chi connectivity index (χ0n) is 15.1. The van der Waals surface area contributed by atoms with Gasteiger partial charge >= 0.3 is 0 Å². The zero-order valence-corrected chi connectivity index (χ0v) is 15.1. The Morgan fingerprint density at radius 1 is 0.875 bits per heavy atom. The van der Waals surface area contributed by atoms with Gasteiger partial charge in [0.05, 0.1) is 21.3 Å². The first-order valence-corrected chi connectivity index (χ1v) is 9.19. The summed E-state index contributed by atoms with van der Waals surface area (Å²) in [5, 5.41) is 3.93. The molecule has 4 bridgehead atoms. The van der Waals surface area contributed by atoms with Crippen LogP contribution < -0.4 is 19.5 Å². The van der Waals surface area contributed by atoms with Gasteiger partial charge < -0.3 is 19.5 Å². The largest absolute Gasteiger partial charge is 0.493 e. The van der Waals surface area contributed by atoms with Crippen molar-refractivity contribution in [3.63, 3.8) is 0 Å². The van der Waals surface area contributed by atoms with Gasteiger partial charge in [0.1, 0.15) is 0 Å². The fourth-order valence-corrected chi connectivity index (χ4v) is 5.91. The first-order valence-electron chi connectivity index (χ1n) is 9.19. The van der Waals surface area contributed by atoms with E-state index >= 15 is 0 Å². The van der Waals surface area contributed by atoms with Gasteiger partial charge in [-0.1, -0.05) is 6.07 Å². The molecule has 4 fully saturated rings. The van der Waals surface area contributed by atoms with Crippen molar-refractivity contribution >= 4 is 0 Å². The number of methoxy groups -OCH3 is 3. The molecule has 0 aromatic heterocycles. The van der Waals surface area contributed by atoms with Gasteiger partial charge in [-0.2, -0.15) is 0 Å². The second-order valence-corrected chi connectivity index (χ2v) is 8.04. The smallest absolute Gasteiger partial charge is 0.203 e. The van der Waals surface area contributed by atoms with Gasteiger partial charge in [-0.15, -0.1) is 0 Å². The van der Waals surface area contributed by atoms with Crippen molar-refractivity contribution in [1.82, 2.24) is 5.32 Å². The molecule has 0 saturated heterocycles. The molecule has 4 nitrogen and oxygen atoms in total. The molecule has 0 radical (unpaired) electrons. The minimum absolute atomic E-state index is 0.354. The van der Waals surface area contributed by atoms with Gasteiger partial charge in [0.15, 0.2) is 11.5 Å². The van der Waals surface area contributed by atoms with Gasteiger partial charge in [-0.3, -0.25) is 0 Å². The average molecular weight is 331 g/mol. The summed E-state index contributed by atoms with van der Waals surface area (Å²) < 4.78 is 16.5. The lowest BCUT2D eigenvalue weighted by Crippen LogP contribution is -2.58. The first-order chi connectivity index (χ1) is 11.7. The lowest BCUT2D eigenvalue weighted by molar-refractivity contribution is -0.0206. The highest BCUT2D eigenvalue weighted by Crippen LogP contribution is 2.55. The minimum atomic E-state index is 0.354. The monoisotopic (exact) mass is 331 g/mol. The van der Waals surface area contributed by atoms with Crippen molar-refractivity contribution in [2.45, 2.75) is 50.6 Å². The molecule has 4 aliphatic rings. The number of hydrogen-bond acceptors (Lipinski definition) is 4. The van der Waals surface area contributed by atoms with Crippen molar-refractivity contribution in [3.05, 3.63) is 17.7 Å². The summed E-state index contributed by atoms with van der Waals surface area (Å²) in [6.07, 6.45) is 8.49. The Bertz CT molecular complexity index is 578. The quantitative estimate of drug-likeness (QED) is 0.861. The lowest BCUT2D eigenvalue weighted by atomic mass is 9.53. The van der Waals surface area contributed by atoms with E-state index in [0.717, 1.165) is 35.6 Å². The van der Waals surface area contributed by atoms with Crippen molar-refractivity contribution in [2.75, 3.05) is 21.3 Å². The predicted molar refractivity (Wildman–Crippen MR) is 93.8 cm³/mol. The molecule has 4 aliphatic carbocycles. The molecule has 0 amide bonds. The number of rotatable bonds is 6. The van der Waals surface area contributed by atoms with Crippen LogP contribution in [-0.2, 0) is 6.54 Å². The lowest BCUT2D eigenvalue weighted by Gasteiger charge is -2.57. The summed E-state index contributed by atoms with van der Waals surface area (Å²) in [6.45, 7) is 0.829.